The molecule has 2 aliphatic rings. The summed E-state index contributed by atoms with van der Waals surface area (Å²) in [6, 6.07) is 1.76. The summed E-state index contributed by atoms with van der Waals surface area (Å²) in [7, 11) is 0. The van der Waals surface area contributed by atoms with Gasteiger partial charge in [0.2, 0.25) is 5.91 Å². The summed E-state index contributed by atoms with van der Waals surface area (Å²) in [5.74, 6) is 1.23. The number of rotatable bonds is 3. The molecule has 0 aromatic carbocycles. The van der Waals surface area contributed by atoms with Gasteiger partial charge in [-0.2, -0.15) is 0 Å². The van der Waals surface area contributed by atoms with Crippen molar-refractivity contribution in [3.8, 4) is 5.75 Å². The lowest BCUT2D eigenvalue weighted by atomic mass is 10.3. The van der Waals surface area contributed by atoms with Gasteiger partial charge in [0.05, 0.1) is 6.54 Å². The van der Waals surface area contributed by atoms with Crippen LogP contribution < -0.4 is 4.74 Å². The van der Waals surface area contributed by atoms with E-state index in [9.17, 15) is 4.79 Å². The number of carbonyl (C=O) groups excluding carboxylic acids is 1. The first-order chi connectivity index (χ1) is 8.74. The zero-order chi connectivity index (χ0) is 12.5. The van der Waals surface area contributed by atoms with Crippen molar-refractivity contribution in [2.75, 3.05) is 13.1 Å². The highest BCUT2D eigenvalue weighted by Crippen LogP contribution is 2.33. The van der Waals surface area contributed by atoms with E-state index in [1.165, 1.54) is 0 Å². The minimum absolute atomic E-state index is 0.0487. The molecule has 1 unspecified atom stereocenters. The topological polar surface area (TPSA) is 42.4 Å². The van der Waals surface area contributed by atoms with E-state index in [1.54, 1.807) is 18.5 Å². The van der Waals surface area contributed by atoms with Gasteiger partial charge in [-0.15, -0.1) is 0 Å². The lowest BCUT2D eigenvalue weighted by molar-refractivity contribution is -0.131. The zero-order valence-corrected chi connectivity index (χ0v) is 10.8. The minimum Gasteiger partial charge on any atom is -0.487 e. The number of amides is 1. The smallest absolute Gasteiger partial charge is 0.225 e. The highest BCUT2D eigenvalue weighted by atomic mass is 35.5. The molecule has 0 N–H and O–H groups in total. The number of pyridine rings is 1. The van der Waals surface area contributed by atoms with Crippen LogP contribution in [-0.4, -0.2) is 35.0 Å². The molecule has 0 spiro atoms. The van der Waals surface area contributed by atoms with Gasteiger partial charge in [0, 0.05) is 37.3 Å². The van der Waals surface area contributed by atoms with Crippen LogP contribution in [0.4, 0.5) is 0 Å². The standard InChI is InChI=1S/C13H15ClN2O2/c14-11-7-15-5-3-12(11)18-10-4-6-16(8-10)13(17)9-1-2-9/h3,5,7,9-10H,1-2,4,6,8H2. The molecule has 1 atom stereocenters. The first-order valence-electron chi connectivity index (χ1n) is 6.29. The van der Waals surface area contributed by atoms with Gasteiger partial charge >= 0.3 is 0 Å². The Morgan fingerprint density at radius 3 is 3.00 bits per heavy atom. The van der Waals surface area contributed by atoms with E-state index in [1.807, 2.05) is 4.90 Å². The van der Waals surface area contributed by atoms with Crippen molar-refractivity contribution in [2.24, 2.45) is 5.92 Å². The van der Waals surface area contributed by atoms with Crippen LogP contribution in [-0.2, 0) is 4.79 Å². The molecule has 18 heavy (non-hydrogen) atoms. The Hall–Kier alpha value is -1.29. The van der Waals surface area contributed by atoms with Gasteiger partial charge in [-0.25, -0.2) is 0 Å². The number of halogens is 1. The van der Waals surface area contributed by atoms with Crippen LogP contribution in [0.15, 0.2) is 18.5 Å². The van der Waals surface area contributed by atoms with Crippen molar-refractivity contribution in [2.45, 2.75) is 25.4 Å². The van der Waals surface area contributed by atoms with Crippen molar-refractivity contribution in [3.05, 3.63) is 23.5 Å². The van der Waals surface area contributed by atoms with Crippen LogP contribution in [0, 0.1) is 5.92 Å². The van der Waals surface area contributed by atoms with Crippen molar-refractivity contribution in [1.29, 1.82) is 0 Å². The SMILES string of the molecule is O=C(C1CC1)N1CCC(Oc2ccncc2Cl)C1. The lowest BCUT2D eigenvalue weighted by Crippen LogP contribution is -2.31. The molecule has 5 heteroatoms. The maximum atomic E-state index is 11.9. The summed E-state index contributed by atoms with van der Waals surface area (Å²) in [6.45, 7) is 1.47. The molecule has 1 amide bonds. The third kappa shape index (κ3) is 2.43. The highest BCUT2D eigenvalue weighted by molar-refractivity contribution is 6.31. The lowest BCUT2D eigenvalue weighted by Gasteiger charge is -2.17. The molecule has 0 radical (unpaired) electrons. The van der Waals surface area contributed by atoms with Crippen LogP contribution in [0.25, 0.3) is 0 Å². The number of hydrogen-bond acceptors (Lipinski definition) is 3. The summed E-state index contributed by atoms with van der Waals surface area (Å²) in [6.07, 6.45) is 6.25. The van der Waals surface area contributed by atoms with E-state index in [0.717, 1.165) is 25.8 Å². The largest absolute Gasteiger partial charge is 0.487 e. The number of hydrogen-bond donors (Lipinski definition) is 0. The molecule has 1 aromatic rings. The maximum Gasteiger partial charge on any atom is 0.225 e. The molecular weight excluding hydrogens is 252 g/mol. The molecule has 1 aromatic heterocycles. The average molecular weight is 267 g/mol. The van der Waals surface area contributed by atoms with Gasteiger partial charge in [-0.05, 0) is 12.8 Å². The molecule has 1 saturated heterocycles. The van der Waals surface area contributed by atoms with E-state index in [4.69, 9.17) is 16.3 Å². The third-order valence-electron chi connectivity index (χ3n) is 3.41. The Morgan fingerprint density at radius 1 is 1.44 bits per heavy atom. The van der Waals surface area contributed by atoms with Gasteiger partial charge in [0.1, 0.15) is 16.9 Å². The number of nitrogens with zero attached hydrogens (tertiary/aromatic N) is 2. The molecule has 96 valence electrons. The summed E-state index contributed by atoms with van der Waals surface area (Å²) in [4.78, 5) is 17.7. The predicted molar refractivity (Wildman–Crippen MR) is 67.6 cm³/mol. The molecule has 1 aliphatic heterocycles. The molecule has 2 heterocycles. The summed E-state index contributed by atoms with van der Waals surface area (Å²) in [5, 5.41) is 0.518. The molecule has 0 bridgehead atoms. The van der Waals surface area contributed by atoms with Gasteiger partial charge in [-0.1, -0.05) is 11.6 Å². The first-order valence-corrected chi connectivity index (χ1v) is 6.67. The Morgan fingerprint density at radius 2 is 2.28 bits per heavy atom. The summed E-state index contributed by atoms with van der Waals surface area (Å²) >= 11 is 5.99. The monoisotopic (exact) mass is 266 g/mol. The van der Waals surface area contributed by atoms with E-state index >= 15 is 0 Å². The van der Waals surface area contributed by atoms with Gasteiger partial charge in [0.15, 0.2) is 0 Å². The number of likely N-dealkylation sites (tertiary alicyclic amines) is 1. The minimum atomic E-state index is 0.0487. The second-order valence-corrected chi connectivity index (χ2v) is 5.30. The van der Waals surface area contributed by atoms with E-state index in [0.29, 0.717) is 23.2 Å². The maximum absolute atomic E-state index is 11.9. The van der Waals surface area contributed by atoms with Crippen LogP contribution in [0.5, 0.6) is 5.75 Å². The fourth-order valence-corrected chi connectivity index (χ4v) is 2.41. The van der Waals surface area contributed by atoms with Gasteiger partial charge in [0.25, 0.3) is 0 Å². The second kappa shape index (κ2) is 4.76. The molecule has 2 fully saturated rings. The van der Waals surface area contributed by atoms with Crippen LogP contribution in [0.3, 0.4) is 0 Å². The number of aromatic nitrogens is 1. The van der Waals surface area contributed by atoms with Crippen molar-refractivity contribution in [3.63, 3.8) is 0 Å². The fraction of sp³-hybridized carbons (Fsp3) is 0.538. The van der Waals surface area contributed by atoms with Gasteiger partial charge < -0.3 is 9.64 Å². The average Bonchev–Trinajstić information content (AvgIpc) is 3.12. The Bertz CT molecular complexity index is 462. The summed E-state index contributed by atoms with van der Waals surface area (Å²) in [5.41, 5.74) is 0. The quantitative estimate of drug-likeness (QED) is 0.842. The van der Waals surface area contributed by atoms with E-state index < -0.39 is 0 Å². The highest BCUT2D eigenvalue weighted by Gasteiger charge is 2.37. The van der Waals surface area contributed by atoms with Crippen LogP contribution in [0.1, 0.15) is 19.3 Å². The predicted octanol–water partition coefficient (Wildman–Crippen LogP) is 2.12. The van der Waals surface area contributed by atoms with Crippen molar-refractivity contribution in [1.82, 2.24) is 9.88 Å². The number of ether oxygens (including phenoxy) is 1. The van der Waals surface area contributed by atoms with Gasteiger partial charge in [-0.3, -0.25) is 9.78 Å². The molecule has 1 saturated carbocycles. The van der Waals surface area contributed by atoms with Crippen molar-refractivity contribution < 1.29 is 9.53 Å². The molecule has 4 nitrogen and oxygen atoms in total. The molecular formula is C13H15ClN2O2. The molecule has 1 aliphatic carbocycles. The first kappa shape index (κ1) is 11.8. The van der Waals surface area contributed by atoms with E-state index in [-0.39, 0.29) is 12.0 Å². The van der Waals surface area contributed by atoms with Crippen LogP contribution in [0.2, 0.25) is 5.02 Å². The second-order valence-electron chi connectivity index (χ2n) is 4.89. The molecule has 3 rings (SSSR count). The third-order valence-corrected chi connectivity index (χ3v) is 3.70. The Kier molecular flexibility index (Phi) is 3.12. The fourth-order valence-electron chi connectivity index (χ4n) is 2.25. The summed E-state index contributed by atoms with van der Waals surface area (Å²) < 4.78 is 5.82. The normalized spacial score (nSPS) is 23.2. The Balaban J connectivity index is 1.59. The van der Waals surface area contributed by atoms with E-state index in [2.05, 4.69) is 4.98 Å². The van der Waals surface area contributed by atoms with Crippen LogP contribution >= 0.6 is 11.6 Å². The Labute approximate surface area is 111 Å². The zero-order valence-electron chi connectivity index (χ0n) is 10.0. The van der Waals surface area contributed by atoms with Crippen molar-refractivity contribution >= 4 is 17.5 Å². The number of carbonyl (C=O) groups is 1.